The standard InChI is InChI=1S/C21H19NO4/c1-2-12-25-21(24)16-7-5-8-17(13-16)22-20(23)11-10-18-14-15-6-3-4-9-19(15)26-18/h3-11,13-14H,2,12H2,1H3,(H,22,23)/b11-10+. The number of hydrogen-bond acceptors (Lipinski definition) is 4. The Labute approximate surface area is 151 Å². The summed E-state index contributed by atoms with van der Waals surface area (Å²) in [6.07, 6.45) is 3.75. The van der Waals surface area contributed by atoms with E-state index in [9.17, 15) is 9.59 Å². The van der Waals surface area contributed by atoms with Gasteiger partial charge in [-0.1, -0.05) is 31.2 Å². The molecule has 5 nitrogen and oxygen atoms in total. The van der Waals surface area contributed by atoms with Crippen LogP contribution < -0.4 is 5.32 Å². The number of para-hydroxylation sites is 1. The minimum absolute atomic E-state index is 0.315. The molecule has 0 atom stereocenters. The molecule has 132 valence electrons. The molecule has 0 saturated carbocycles. The van der Waals surface area contributed by atoms with Crippen molar-refractivity contribution in [1.82, 2.24) is 0 Å². The summed E-state index contributed by atoms with van der Waals surface area (Å²) in [5.41, 5.74) is 1.69. The van der Waals surface area contributed by atoms with Crippen LogP contribution in [0.25, 0.3) is 17.0 Å². The predicted molar refractivity (Wildman–Crippen MR) is 101 cm³/mol. The van der Waals surface area contributed by atoms with E-state index in [0.717, 1.165) is 17.4 Å². The smallest absolute Gasteiger partial charge is 0.338 e. The van der Waals surface area contributed by atoms with Crippen LogP contribution in [0.15, 0.2) is 65.1 Å². The lowest BCUT2D eigenvalue weighted by atomic mass is 10.2. The largest absolute Gasteiger partial charge is 0.462 e. The third kappa shape index (κ3) is 4.39. The number of carbonyl (C=O) groups excluding carboxylic acids is 2. The molecule has 0 spiro atoms. The van der Waals surface area contributed by atoms with Crippen LogP contribution in [0, 0.1) is 0 Å². The number of esters is 1. The summed E-state index contributed by atoms with van der Waals surface area (Å²) in [5, 5.41) is 3.70. The second-order valence-electron chi connectivity index (χ2n) is 5.73. The number of hydrogen-bond donors (Lipinski definition) is 1. The topological polar surface area (TPSA) is 68.5 Å². The van der Waals surface area contributed by atoms with Gasteiger partial charge in [0.2, 0.25) is 5.91 Å². The molecular weight excluding hydrogens is 330 g/mol. The summed E-state index contributed by atoms with van der Waals surface area (Å²) in [6.45, 7) is 2.30. The molecule has 5 heteroatoms. The van der Waals surface area contributed by atoms with Crippen molar-refractivity contribution < 1.29 is 18.7 Å². The highest BCUT2D eigenvalue weighted by molar-refractivity contribution is 6.02. The Morgan fingerprint density at radius 2 is 1.96 bits per heavy atom. The summed E-state index contributed by atoms with van der Waals surface area (Å²) in [6, 6.07) is 16.1. The second kappa shape index (κ2) is 8.16. The number of carbonyl (C=O) groups is 2. The first-order chi connectivity index (χ1) is 12.7. The Bertz CT molecular complexity index is 922. The molecule has 2 aromatic carbocycles. The van der Waals surface area contributed by atoms with Gasteiger partial charge in [-0.15, -0.1) is 0 Å². The van der Waals surface area contributed by atoms with E-state index in [4.69, 9.17) is 9.15 Å². The molecule has 1 heterocycles. The van der Waals surface area contributed by atoms with Crippen molar-refractivity contribution in [3.63, 3.8) is 0 Å². The lowest BCUT2D eigenvalue weighted by molar-refractivity contribution is -0.111. The van der Waals surface area contributed by atoms with Gasteiger partial charge in [0.05, 0.1) is 12.2 Å². The molecule has 1 amide bonds. The molecule has 0 aliphatic heterocycles. The number of anilines is 1. The zero-order chi connectivity index (χ0) is 18.4. The average molecular weight is 349 g/mol. The van der Waals surface area contributed by atoms with E-state index in [1.54, 1.807) is 30.3 Å². The van der Waals surface area contributed by atoms with Crippen molar-refractivity contribution in [1.29, 1.82) is 0 Å². The van der Waals surface area contributed by atoms with E-state index < -0.39 is 5.97 Å². The van der Waals surface area contributed by atoms with Crippen molar-refractivity contribution >= 4 is 34.6 Å². The maximum Gasteiger partial charge on any atom is 0.338 e. The van der Waals surface area contributed by atoms with Crippen LogP contribution in [-0.2, 0) is 9.53 Å². The molecule has 3 rings (SSSR count). The zero-order valence-corrected chi connectivity index (χ0v) is 14.4. The van der Waals surface area contributed by atoms with E-state index in [-0.39, 0.29) is 5.91 Å². The second-order valence-corrected chi connectivity index (χ2v) is 5.73. The molecule has 0 fully saturated rings. The highest BCUT2D eigenvalue weighted by Gasteiger charge is 2.08. The molecule has 0 bridgehead atoms. The normalized spacial score (nSPS) is 11.0. The fraction of sp³-hybridized carbons (Fsp3) is 0.143. The first kappa shape index (κ1) is 17.5. The lowest BCUT2D eigenvalue weighted by Crippen LogP contribution is -2.10. The molecule has 0 aliphatic carbocycles. The van der Waals surface area contributed by atoms with Crippen LogP contribution in [0.2, 0.25) is 0 Å². The molecule has 0 aliphatic rings. The fourth-order valence-corrected chi connectivity index (χ4v) is 2.43. The number of rotatable bonds is 6. The van der Waals surface area contributed by atoms with E-state index in [0.29, 0.717) is 23.6 Å². The Hall–Kier alpha value is -3.34. The van der Waals surface area contributed by atoms with Crippen LogP contribution in [-0.4, -0.2) is 18.5 Å². The molecule has 0 saturated heterocycles. The number of benzene rings is 2. The first-order valence-corrected chi connectivity index (χ1v) is 8.40. The molecular formula is C21H19NO4. The highest BCUT2D eigenvalue weighted by atomic mass is 16.5. The lowest BCUT2D eigenvalue weighted by Gasteiger charge is -2.06. The van der Waals surface area contributed by atoms with Crippen molar-refractivity contribution in [3.05, 3.63) is 72.0 Å². The quantitative estimate of drug-likeness (QED) is 0.519. The van der Waals surface area contributed by atoms with Crippen molar-refractivity contribution in [2.45, 2.75) is 13.3 Å². The number of ether oxygens (including phenoxy) is 1. The molecule has 26 heavy (non-hydrogen) atoms. The Morgan fingerprint density at radius 1 is 1.12 bits per heavy atom. The van der Waals surface area contributed by atoms with Gasteiger partial charge in [-0.25, -0.2) is 4.79 Å². The zero-order valence-electron chi connectivity index (χ0n) is 14.4. The molecule has 3 aromatic rings. The Balaban J connectivity index is 1.65. The van der Waals surface area contributed by atoms with Gasteiger partial charge in [-0.05, 0) is 42.8 Å². The molecule has 1 aromatic heterocycles. The van der Waals surface area contributed by atoms with Crippen LogP contribution in [0.5, 0.6) is 0 Å². The van der Waals surface area contributed by atoms with Crippen LogP contribution in [0.4, 0.5) is 5.69 Å². The van der Waals surface area contributed by atoms with Gasteiger partial charge in [0, 0.05) is 17.1 Å². The summed E-state index contributed by atoms with van der Waals surface area (Å²) >= 11 is 0. The summed E-state index contributed by atoms with van der Waals surface area (Å²) < 4.78 is 10.7. The fourth-order valence-electron chi connectivity index (χ4n) is 2.43. The maximum absolute atomic E-state index is 12.1. The van der Waals surface area contributed by atoms with E-state index in [1.807, 2.05) is 37.3 Å². The minimum atomic E-state index is -0.402. The van der Waals surface area contributed by atoms with Gasteiger partial charge in [0.15, 0.2) is 0 Å². The predicted octanol–water partition coefficient (Wildman–Crippen LogP) is 4.65. The number of furan rings is 1. The van der Waals surface area contributed by atoms with Gasteiger partial charge in [0.1, 0.15) is 11.3 Å². The SMILES string of the molecule is CCCOC(=O)c1cccc(NC(=O)/C=C/c2cc3ccccc3o2)c1. The average Bonchev–Trinajstić information content (AvgIpc) is 3.07. The van der Waals surface area contributed by atoms with Crippen LogP contribution in [0.3, 0.4) is 0 Å². The third-order valence-corrected chi connectivity index (χ3v) is 3.65. The van der Waals surface area contributed by atoms with Crippen molar-refractivity contribution in [2.75, 3.05) is 11.9 Å². The van der Waals surface area contributed by atoms with Crippen LogP contribution in [0.1, 0.15) is 29.5 Å². The molecule has 0 radical (unpaired) electrons. The van der Waals surface area contributed by atoms with E-state index in [1.165, 1.54) is 6.08 Å². The Kier molecular flexibility index (Phi) is 5.49. The summed E-state index contributed by atoms with van der Waals surface area (Å²) in [5.74, 6) is -0.122. The number of nitrogens with one attached hydrogen (secondary N) is 1. The van der Waals surface area contributed by atoms with E-state index >= 15 is 0 Å². The van der Waals surface area contributed by atoms with Gasteiger partial charge >= 0.3 is 5.97 Å². The van der Waals surface area contributed by atoms with Crippen LogP contribution >= 0.6 is 0 Å². The van der Waals surface area contributed by atoms with Gasteiger partial charge in [-0.2, -0.15) is 0 Å². The highest BCUT2D eigenvalue weighted by Crippen LogP contribution is 2.19. The molecule has 1 N–H and O–H groups in total. The number of amides is 1. The first-order valence-electron chi connectivity index (χ1n) is 8.40. The monoisotopic (exact) mass is 349 g/mol. The van der Waals surface area contributed by atoms with E-state index in [2.05, 4.69) is 5.32 Å². The molecule has 0 unspecified atom stereocenters. The van der Waals surface area contributed by atoms with Crippen molar-refractivity contribution in [3.8, 4) is 0 Å². The summed E-state index contributed by atoms with van der Waals surface area (Å²) in [7, 11) is 0. The number of fused-ring (bicyclic) bond motifs is 1. The van der Waals surface area contributed by atoms with Crippen molar-refractivity contribution in [2.24, 2.45) is 0 Å². The third-order valence-electron chi connectivity index (χ3n) is 3.65. The minimum Gasteiger partial charge on any atom is -0.462 e. The van der Waals surface area contributed by atoms with Gasteiger partial charge in [0.25, 0.3) is 0 Å². The summed E-state index contributed by atoms with van der Waals surface area (Å²) in [4.78, 5) is 24.0. The maximum atomic E-state index is 12.1. The Morgan fingerprint density at radius 3 is 2.77 bits per heavy atom. The van der Waals surface area contributed by atoms with Gasteiger partial charge < -0.3 is 14.5 Å². The van der Waals surface area contributed by atoms with Gasteiger partial charge in [-0.3, -0.25) is 4.79 Å².